The van der Waals surface area contributed by atoms with Crippen LogP contribution in [0.25, 0.3) is 0 Å². The summed E-state index contributed by atoms with van der Waals surface area (Å²) in [7, 11) is 0. The predicted octanol–water partition coefficient (Wildman–Crippen LogP) is 6.38. The number of nitrogens with zero attached hydrogens (tertiary/aromatic N) is 1. The normalized spacial score (nSPS) is 23.7. The van der Waals surface area contributed by atoms with Gasteiger partial charge in [0.15, 0.2) is 0 Å². The third-order valence-electron chi connectivity index (χ3n) is 4.94. The lowest BCUT2D eigenvalue weighted by Crippen LogP contribution is -2.30. The molecule has 1 N–H and O–H groups in total. The molecule has 1 heterocycles. The molecule has 1 aliphatic carbocycles. The van der Waals surface area contributed by atoms with Gasteiger partial charge in [0.25, 0.3) is 5.69 Å². The van der Waals surface area contributed by atoms with Gasteiger partial charge in [-0.3, -0.25) is 10.1 Å². The summed E-state index contributed by atoms with van der Waals surface area (Å²) in [5.74, 6) is 0.0513. The fourth-order valence-electron chi connectivity index (χ4n) is 3.88. The fourth-order valence-corrected chi connectivity index (χ4v) is 4.62. The number of nitro groups is 1. The molecule has 2 aliphatic rings. The Balaban J connectivity index is 1.89. The van der Waals surface area contributed by atoms with Crippen LogP contribution in [0.3, 0.4) is 0 Å². The van der Waals surface area contributed by atoms with Crippen LogP contribution in [0.1, 0.15) is 29.5 Å². The van der Waals surface area contributed by atoms with Crippen molar-refractivity contribution in [2.75, 3.05) is 5.32 Å². The maximum atomic E-state index is 11.5. The highest BCUT2D eigenvalue weighted by Gasteiger charge is 2.42. The zero-order valence-electron chi connectivity index (χ0n) is 12.9. The summed E-state index contributed by atoms with van der Waals surface area (Å²) in [6, 6.07) is 8.34. The highest BCUT2D eigenvalue weighted by molar-refractivity contribution is 6.35. The molecule has 4 nitrogen and oxygen atoms in total. The summed E-state index contributed by atoms with van der Waals surface area (Å²) in [4.78, 5) is 11.1. The molecule has 2 aromatic rings. The van der Waals surface area contributed by atoms with Gasteiger partial charge in [-0.15, -0.1) is 0 Å². The lowest BCUT2D eigenvalue weighted by atomic mass is 9.76. The van der Waals surface area contributed by atoms with Gasteiger partial charge < -0.3 is 5.32 Å². The number of nitrogens with one attached hydrogen (secondary N) is 1. The highest BCUT2D eigenvalue weighted by Crippen LogP contribution is 2.54. The van der Waals surface area contributed by atoms with E-state index in [1.54, 1.807) is 18.2 Å². The molecule has 3 atom stereocenters. The van der Waals surface area contributed by atoms with E-state index in [1.165, 1.54) is 6.07 Å². The summed E-state index contributed by atoms with van der Waals surface area (Å²) in [5.41, 5.74) is 2.27. The second-order valence-electron chi connectivity index (χ2n) is 6.25. The van der Waals surface area contributed by atoms with E-state index in [1.807, 2.05) is 12.1 Å². The molecule has 0 bridgehead atoms. The summed E-state index contributed by atoms with van der Waals surface area (Å²) in [6.45, 7) is 0. The molecule has 0 unspecified atom stereocenters. The van der Waals surface area contributed by atoms with Gasteiger partial charge in [0, 0.05) is 22.0 Å². The van der Waals surface area contributed by atoms with Crippen molar-refractivity contribution < 1.29 is 4.92 Å². The molecule has 128 valence electrons. The van der Waals surface area contributed by atoms with Crippen LogP contribution in [-0.2, 0) is 0 Å². The Labute approximate surface area is 159 Å². The van der Waals surface area contributed by atoms with Gasteiger partial charge in [-0.2, -0.15) is 0 Å². The third kappa shape index (κ3) is 2.69. The SMILES string of the molecule is O=[N+]([O-])c1ccc(Cl)c2c1[C@H]1C=CC[C@@H]1[C@H](c1ccc(Cl)cc1Cl)N2. The highest BCUT2D eigenvalue weighted by atomic mass is 35.5. The predicted molar refractivity (Wildman–Crippen MR) is 101 cm³/mol. The average molecular weight is 396 g/mol. The average Bonchev–Trinajstić information content (AvgIpc) is 3.04. The van der Waals surface area contributed by atoms with Crippen molar-refractivity contribution in [3.8, 4) is 0 Å². The van der Waals surface area contributed by atoms with Crippen LogP contribution in [0.4, 0.5) is 11.4 Å². The number of allylic oxidation sites excluding steroid dienone is 2. The van der Waals surface area contributed by atoms with Crippen molar-refractivity contribution in [3.05, 3.63) is 78.8 Å². The fraction of sp³-hybridized carbons (Fsp3) is 0.222. The number of hydrogen-bond donors (Lipinski definition) is 1. The third-order valence-corrected chi connectivity index (χ3v) is 5.82. The van der Waals surface area contributed by atoms with Crippen LogP contribution < -0.4 is 5.32 Å². The molecule has 1 aliphatic heterocycles. The van der Waals surface area contributed by atoms with E-state index in [0.717, 1.165) is 12.0 Å². The minimum absolute atomic E-state index is 0.0768. The molecule has 2 aromatic carbocycles. The van der Waals surface area contributed by atoms with E-state index in [2.05, 4.69) is 11.4 Å². The minimum Gasteiger partial charge on any atom is -0.376 e. The molecule has 0 radical (unpaired) electrons. The van der Waals surface area contributed by atoms with Crippen molar-refractivity contribution in [1.82, 2.24) is 0 Å². The first kappa shape index (κ1) is 16.7. The minimum atomic E-state index is -0.352. The molecule has 0 amide bonds. The maximum absolute atomic E-state index is 11.5. The second-order valence-corrected chi connectivity index (χ2v) is 7.50. The molecule has 4 rings (SSSR count). The number of halogens is 3. The Morgan fingerprint density at radius 3 is 2.64 bits per heavy atom. The van der Waals surface area contributed by atoms with E-state index in [4.69, 9.17) is 34.8 Å². The molecule has 0 saturated heterocycles. The summed E-state index contributed by atoms with van der Waals surface area (Å²) in [5, 5.41) is 16.5. The van der Waals surface area contributed by atoms with Gasteiger partial charge in [0.2, 0.25) is 0 Å². The molecule has 7 heteroatoms. The Kier molecular flexibility index (Phi) is 4.14. The monoisotopic (exact) mass is 394 g/mol. The Morgan fingerprint density at radius 2 is 1.92 bits per heavy atom. The van der Waals surface area contributed by atoms with Crippen LogP contribution in [-0.4, -0.2) is 4.92 Å². The van der Waals surface area contributed by atoms with Crippen molar-refractivity contribution in [3.63, 3.8) is 0 Å². The Morgan fingerprint density at radius 1 is 1.12 bits per heavy atom. The zero-order chi connectivity index (χ0) is 17.7. The number of fused-ring (bicyclic) bond motifs is 3. The van der Waals surface area contributed by atoms with E-state index in [-0.39, 0.29) is 28.5 Å². The van der Waals surface area contributed by atoms with Crippen LogP contribution in [0.5, 0.6) is 0 Å². The number of rotatable bonds is 2. The van der Waals surface area contributed by atoms with Crippen LogP contribution in [0, 0.1) is 16.0 Å². The van der Waals surface area contributed by atoms with Gasteiger partial charge >= 0.3 is 0 Å². The molecule has 25 heavy (non-hydrogen) atoms. The first-order chi connectivity index (χ1) is 12.0. The first-order valence-electron chi connectivity index (χ1n) is 7.82. The quantitative estimate of drug-likeness (QED) is 0.364. The van der Waals surface area contributed by atoms with E-state index >= 15 is 0 Å². The van der Waals surface area contributed by atoms with Crippen LogP contribution >= 0.6 is 34.8 Å². The number of benzene rings is 2. The summed E-state index contributed by atoms with van der Waals surface area (Å²) >= 11 is 18.8. The second kappa shape index (κ2) is 6.20. The molecule has 0 spiro atoms. The molecular formula is C18H13Cl3N2O2. The molecule has 0 fully saturated rings. The summed E-state index contributed by atoms with van der Waals surface area (Å²) < 4.78 is 0. The van der Waals surface area contributed by atoms with Crippen LogP contribution in [0.15, 0.2) is 42.5 Å². The smallest absolute Gasteiger partial charge is 0.275 e. The lowest BCUT2D eigenvalue weighted by Gasteiger charge is -2.37. The van der Waals surface area contributed by atoms with E-state index in [9.17, 15) is 10.1 Å². The maximum Gasteiger partial charge on any atom is 0.275 e. The van der Waals surface area contributed by atoms with Gasteiger partial charge in [-0.25, -0.2) is 0 Å². The zero-order valence-corrected chi connectivity index (χ0v) is 15.1. The van der Waals surface area contributed by atoms with Gasteiger partial charge in [-0.1, -0.05) is 53.0 Å². The van der Waals surface area contributed by atoms with E-state index in [0.29, 0.717) is 26.3 Å². The molecular weight excluding hydrogens is 383 g/mol. The van der Waals surface area contributed by atoms with Gasteiger partial charge in [0.05, 0.1) is 27.2 Å². The topological polar surface area (TPSA) is 55.2 Å². The number of nitro benzene ring substituents is 1. The lowest BCUT2D eigenvalue weighted by molar-refractivity contribution is -0.385. The Hall–Kier alpha value is -1.75. The molecule has 0 saturated carbocycles. The molecule has 0 aromatic heterocycles. The first-order valence-corrected chi connectivity index (χ1v) is 8.95. The van der Waals surface area contributed by atoms with Crippen molar-refractivity contribution in [2.45, 2.75) is 18.4 Å². The largest absolute Gasteiger partial charge is 0.376 e. The van der Waals surface area contributed by atoms with Gasteiger partial charge in [0.1, 0.15) is 0 Å². The van der Waals surface area contributed by atoms with E-state index < -0.39 is 0 Å². The standard InChI is InChI=1S/C18H13Cl3N2O2/c19-9-4-5-12(14(21)8-9)17-11-3-1-2-10(11)16-15(23(24)25)7-6-13(20)18(16)22-17/h1-2,4-8,10-11,17,22H,3H2/t10-,11-,17+/m0/s1. The van der Waals surface area contributed by atoms with Crippen LogP contribution in [0.2, 0.25) is 15.1 Å². The Bertz CT molecular complexity index is 913. The number of hydrogen-bond acceptors (Lipinski definition) is 3. The summed E-state index contributed by atoms with van der Waals surface area (Å²) in [6.07, 6.45) is 4.91. The van der Waals surface area contributed by atoms with Crippen molar-refractivity contribution in [1.29, 1.82) is 0 Å². The van der Waals surface area contributed by atoms with Crippen molar-refractivity contribution in [2.24, 2.45) is 5.92 Å². The van der Waals surface area contributed by atoms with Crippen molar-refractivity contribution >= 4 is 46.2 Å². The number of anilines is 1. The van der Waals surface area contributed by atoms with Gasteiger partial charge in [-0.05, 0) is 36.1 Å².